The Bertz CT molecular complexity index is 267. The molecule has 7 atom stereocenters. The third kappa shape index (κ3) is 4.35. The second kappa shape index (κ2) is 7.49. The molecule has 7 heteroatoms. The molecule has 1 saturated carbocycles. The number of aliphatic hydroxyl groups is 5. The Labute approximate surface area is 112 Å². The maximum absolute atomic E-state index is 9.73. The number of hydrogen-bond donors (Lipinski definition) is 6. The molecule has 0 bridgehead atoms. The normalized spacial score (nSPS) is 36.8. The molecule has 0 aliphatic heterocycles. The van der Waals surface area contributed by atoms with Crippen LogP contribution in [0.5, 0.6) is 0 Å². The molecular formula is C12H25NO6. The number of nitrogens with two attached hydrogens (primary N) is 1. The first-order valence-electron chi connectivity index (χ1n) is 6.66. The first-order valence-corrected chi connectivity index (χ1v) is 6.66. The summed E-state index contributed by atoms with van der Waals surface area (Å²) in [5.74, 6) is 0. The van der Waals surface area contributed by atoms with Gasteiger partial charge in [-0.05, 0) is 19.3 Å². The molecule has 114 valence electrons. The van der Waals surface area contributed by atoms with Crippen LogP contribution in [0.3, 0.4) is 0 Å². The van der Waals surface area contributed by atoms with E-state index in [2.05, 4.69) is 0 Å². The first-order chi connectivity index (χ1) is 8.88. The molecule has 7 nitrogen and oxygen atoms in total. The van der Waals surface area contributed by atoms with Crippen LogP contribution in [0.4, 0.5) is 0 Å². The van der Waals surface area contributed by atoms with Crippen molar-refractivity contribution in [2.24, 2.45) is 5.73 Å². The lowest BCUT2D eigenvalue weighted by atomic mass is 9.89. The predicted octanol–water partition coefficient (Wildman–Crippen LogP) is -2.29. The minimum absolute atomic E-state index is 0.0389. The van der Waals surface area contributed by atoms with Crippen molar-refractivity contribution in [1.82, 2.24) is 0 Å². The molecular weight excluding hydrogens is 254 g/mol. The van der Waals surface area contributed by atoms with Crippen LogP contribution in [-0.2, 0) is 4.74 Å². The van der Waals surface area contributed by atoms with Crippen LogP contribution in [0.25, 0.3) is 0 Å². The summed E-state index contributed by atoms with van der Waals surface area (Å²) in [6.07, 6.45) is -4.89. The average Bonchev–Trinajstić information content (AvgIpc) is 2.41. The maximum Gasteiger partial charge on any atom is 0.108 e. The highest BCUT2D eigenvalue weighted by Gasteiger charge is 2.37. The summed E-state index contributed by atoms with van der Waals surface area (Å²) in [5.41, 5.74) is 5.69. The largest absolute Gasteiger partial charge is 0.390 e. The lowest BCUT2D eigenvalue weighted by molar-refractivity contribution is -0.157. The van der Waals surface area contributed by atoms with Gasteiger partial charge in [-0.15, -0.1) is 0 Å². The van der Waals surface area contributed by atoms with Crippen molar-refractivity contribution in [2.75, 3.05) is 6.61 Å². The van der Waals surface area contributed by atoms with E-state index in [1.54, 1.807) is 6.92 Å². The van der Waals surface area contributed by atoms with Gasteiger partial charge in [0.15, 0.2) is 0 Å². The summed E-state index contributed by atoms with van der Waals surface area (Å²) >= 11 is 0. The number of ether oxygens (including phenoxy) is 1. The van der Waals surface area contributed by atoms with E-state index in [-0.39, 0.29) is 6.61 Å². The maximum atomic E-state index is 9.73. The van der Waals surface area contributed by atoms with Crippen molar-refractivity contribution in [3.05, 3.63) is 0 Å². The molecule has 1 fully saturated rings. The minimum Gasteiger partial charge on any atom is -0.390 e. The quantitative estimate of drug-likeness (QED) is 0.322. The third-order valence-electron chi connectivity index (χ3n) is 3.63. The molecule has 0 radical (unpaired) electrons. The Hall–Kier alpha value is -0.280. The summed E-state index contributed by atoms with van der Waals surface area (Å²) in [4.78, 5) is 0. The highest BCUT2D eigenvalue weighted by molar-refractivity contribution is 4.88. The van der Waals surface area contributed by atoms with Gasteiger partial charge >= 0.3 is 0 Å². The van der Waals surface area contributed by atoms with Crippen LogP contribution < -0.4 is 5.73 Å². The fourth-order valence-corrected chi connectivity index (χ4v) is 2.17. The molecule has 1 unspecified atom stereocenters. The van der Waals surface area contributed by atoms with Gasteiger partial charge in [-0.25, -0.2) is 0 Å². The summed E-state index contributed by atoms with van der Waals surface area (Å²) in [6, 6.07) is -0.772. The fourth-order valence-electron chi connectivity index (χ4n) is 2.17. The third-order valence-corrected chi connectivity index (χ3v) is 3.63. The standard InChI is InChI=1S/C12H25NO6/c1-2-7(14)10(16)6(13)5-19-9-4-3-8(15)11(17)12(9)18/h6-12,14-18H,2-5,13H2,1H3/t6-,7+,8-,9?,10-,11-,12-/m0/s1. The zero-order chi connectivity index (χ0) is 14.6. The molecule has 1 aliphatic rings. The van der Waals surface area contributed by atoms with Gasteiger partial charge in [0.05, 0.1) is 37.1 Å². The number of hydrogen-bond acceptors (Lipinski definition) is 7. The van der Waals surface area contributed by atoms with E-state index in [1.165, 1.54) is 0 Å². The lowest BCUT2D eigenvalue weighted by Crippen LogP contribution is -2.52. The van der Waals surface area contributed by atoms with Gasteiger partial charge in [0.2, 0.25) is 0 Å². The number of aliphatic hydroxyl groups excluding tert-OH is 5. The van der Waals surface area contributed by atoms with Gasteiger partial charge in [0.25, 0.3) is 0 Å². The molecule has 0 saturated heterocycles. The van der Waals surface area contributed by atoms with Gasteiger partial charge in [0, 0.05) is 0 Å². The monoisotopic (exact) mass is 279 g/mol. The van der Waals surface area contributed by atoms with Crippen molar-refractivity contribution < 1.29 is 30.3 Å². The van der Waals surface area contributed by atoms with E-state index in [4.69, 9.17) is 10.5 Å². The van der Waals surface area contributed by atoms with Crippen LogP contribution in [0, 0.1) is 0 Å². The lowest BCUT2D eigenvalue weighted by Gasteiger charge is -2.35. The van der Waals surface area contributed by atoms with Crippen molar-refractivity contribution in [3.8, 4) is 0 Å². The molecule has 0 aromatic rings. The zero-order valence-electron chi connectivity index (χ0n) is 11.1. The predicted molar refractivity (Wildman–Crippen MR) is 67.3 cm³/mol. The molecule has 7 N–H and O–H groups in total. The smallest absolute Gasteiger partial charge is 0.108 e. The van der Waals surface area contributed by atoms with E-state index in [0.717, 1.165) is 0 Å². The van der Waals surface area contributed by atoms with Crippen LogP contribution in [0.1, 0.15) is 26.2 Å². The van der Waals surface area contributed by atoms with Crippen LogP contribution in [-0.4, -0.2) is 74.8 Å². The average molecular weight is 279 g/mol. The van der Waals surface area contributed by atoms with Gasteiger partial charge in [-0.1, -0.05) is 6.92 Å². The summed E-state index contributed by atoms with van der Waals surface area (Å²) in [6.45, 7) is 1.69. The molecule has 0 amide bonds. The summed E-state index contributed by atoms with van der Waals surface area (Å²) in [7, 11) is 0. The van der Waals surface area contributed by atoms with Gasteiger partial charge in [-0.2, -0.15) is 0 Å². The van der Waals surface area contributed by atoms with Gasteiger partial charge < -0.3 is 36.0 Å². The Balaban J connectivity index is 2.40. The Kier molecular flexibility index (Phi) is 6.61. The minimum atomic E-state index is -1.24. The molecule has 1 aliphatic carbocycles. The zero-order valence-corrected chi connectivity index (χ0v) is 11.1. The molecule has 0 heterocycles. The van der Waals surface area contributed by atoms with E-state index in [9.17, 15) is 25.5 Å². The summed E-state index contributed by atoms with van der Waals surface area (Å²) in [5, 5.41) is 47.7. The van der Waals surface area contributed by atoms with E-state index < -0.39 is 42.7 Å². The molecule has 0 aromatic heterocycles. The second-order valence-electron chi connectivity index (χ2n) is 5.13. The van der Waals surface area contributed by atoms with E-state index >= 15 is 0 Å². The highest BCUT2D eigenvalue weighted by atomic mass is 16.5. The highest BCUT2D eigenvalue weighted by Crippen LogP contribution is 2.22. The van der Waals surface area contributed by atoms with Gasteiger partial charge in [-0.3, -0.25) is 0 Å². The van der Waals surface area contributed by atoms with E-state index in [0.29, 0.717) is 19.3 Å². The molecule has 0 spiro atoms. The Morgan fingerprint density at radius 3 is 2.37 bits per heavy atom. The molecule has 0 aromatic carbocycles. The van der Waals surface area contributed by atoms with E-state index in [1.807, 2.05) is 0 Å². The van der Waals surface area contributed by atoms with Crippen molar-refractivity contribution >= 4 is 0 Å². The van der Waals surface area contributed by atoms with Crippen molar-refractivity contribution in [3.63, 3.8) is 0 Å². The SMILES string of the molecule is CC[C@@H](O)[C@@H](O)[C@@H](N)COC1CC[C@H](O)[C@H](O)[C@H]1O. The number of rotatable bonds is 6. The molecule has 19 heavy (non-hydrogen) atoms. The summed E-state index contributed by atoms with van der Waals surface area (Å²) < 4.78 is 5.37. The van der Waals surface area contributed by atoms with Crippen LogP contribution >= 0.6 is 0 Å². The second-order valence-corrected chi connectivity index (χ2v) is 5.13. The van der Waals surface area contributed by atoms with Gasteiger partial charge in [0.1, 0.15) is 12.2 Å². The Morgan fingerprint density at radius 2 is 1.79 bits per heavy atom. The van der Waals surface area contributed by atoms with Crippen molar-refractivity contribution in [1.29, 1.82) is 0 Å². The molecule has 1 rings (SSSR count). The van der Waals surface area contributed by atoms with Crippen LogP contribution in [0.15, 0.2) is 0 Å². The first kappa shape index (κ1) is 16.8. The fraction of sp³-hybridized carbons (Fsp3) is 1.00. The Morgan fingerprint density at radius 1 is 1.16 bits per heavy atom. The van der Waals surface area contributed by atoms with Crippen molar-refractivity contribution in [2.45, 2.75) is 68.9 Å². The topological polar surface area (TPSA) is 136 Å². The van der Waals surface area contributed by atoms with Crippen LogP contribution in [0.2, 0.25) is 0 Å².